The molecule has 0 saturated carbocycles. The molecule has 2 aliphatic heterocycles. The van der Waals surface area contributed by atoms with Gasteiger partial charge in [-0.3, -0.25) is 4.79 Å². The first kappa shape index (κ1) is 23.3. The van der Waals surface area contributed by atoms with Crippen LogP contribution in [0.2, 0.25) is 0 Å². The molecule has 3 rings (SSSR count). The molecule has 31 heavy (non-hydrogen) atoms. The van der Waals surface area contributed by atoms with Gasteiger partial charge in [0.05, 0.1) is 5.25 Å². The Labute approximate surface area is 184 Å². The van der Waals surface area contributed by atoms with Crippen LogP contribution in [0.4, 0.5) is 4.79 Å². The molecule has 9 heteroatoms. The lowest BCUT2D eigenvalue weighted by Gasteiger charge is -2.37. The second kappa shape index (κ2) is 10.8. The summed E-state index contributed by atoms with van der Waals surface area (Å²) < 4.78 is 27.6. The number of urea groups is 1. The second-order valence-electron chi connectivity index (χ2n) is 8.08. The molecule has 2 fully saturated rings. The summed E-state index contributed by atoms with van der Waals surface area (Å²) in [6.07, 6.45) is 4.08. The van der Waals surface area contributed by atoms with E-state index in [1.54, 1.807) is 9.21 Å². The van der Waals surface area contributed by atoms with E-state index in [1.165, 1.54) is 11.6 Å². The molecule has 0 bridgehead atoms. The van der Waals surface area contributed by atoms with Crippen molar-refractivity contribution >= 4 is 22.0 Å². The molecule has 0 aromatic heterocycles. The lowest BCUT2D eigenvalue weighted by Crippen LogP contribution is -2.52. The second-order valence-corrected chi connectivity index (χ2v) is 10.3. The molecular formula is C22H32N4O4S. The van der Waals surface area contributed by atoms with E-state index in [9.17, 15) is 18.0 Å². The monoisotopic (exact) mass is 448 g/mol. The van der Waals surface area contributed by atoms with Crippen LogP contribution < -0.4 is 10.6 Å². The highest BCUT2D eigenvalue weighted by Gasteiger charge is 2.37. The Bertz CT molecular complexity index is 859. The van der Waals surface area contributed by atoms with E-state index in [-0.39, 0.29) is 18.0 Å². The van der Waals surface area contributed by atoms with Crippen LogP contribution in [0.15, 0.2) is 43.0 Å². The maximum Gasteiger partial charge on any atom is 0.317 e. The van der Waals surface area contributed by atoms with Gasteiger partial charge >= 0.3 is 6.03 Å². The molecule has 0 aliphatic carbocycles. The van der Waals surface area contributed by atoms with Gasteiger partial charge < -0.3 is 15.5 Å². The molecule has 8 nitrogen and oxygen atoms in total. The number of hydrogen-bond donors (Lipinski definition) is 2. The van der Waals surface area contributed by atoms with E-state index >= 15 is 0 Å². The van der Waals surface area contributed by atoms with Gasteiger partial charge in [-0.15, -0.1) is 0 Å². The summed E-state index contributed by atoms with van der Waals surface area (Å²) in [4.78, 5) is 25.5. The molecule has 0 radical (unpaired) electrons. The van der Waals surface area contributed by atoms with Crippen molar-refractivity contribution in [2.45, 2.75) is 43.4 Å². The molecule has 0 spiro atoms. The zero-order valence-corrected chi connectivity index (χ0v) is 18.6. The standard InChI is InChI=1S/C22H32N4O4S/c1-2-21(27)24-19-9-16-26(17-10-19)31(29,30)20-11-14-25(15-12-20)22(28)23-13-8-18-6-4-3-5-7-18/h2-7,19-20H,1,8-17H2,(H,23,28)(H,24,27). The van der Waals surface area contributed by atoms with E-state index in [2.05, 4.69) is 17.2 Å². The van der Waals surface area contributed by atoms with Gasteiger partial charge in [0.25, 0.3) is 0 Å². The minimum absolute atomic E-state index is 0.0154. The highest BCUT2D eigenvalue weighted by atomic mass is 32.2. The van der Waals surface area contributed by atoms with Crippen LogP contribution in [-0.2, 0) is 21.2 Å². The van der Waals surface area contributed by atoms with Gasteiger partial charge in [-0.25, -0.2) is 17.5 Å². The number of sulfonamides is 1. The summed E-state index contributed by atoms with van der Waals surface area (Å²) in [5, 5.41) is 5.31. The fourth-order valence-electron chi connectivity index (χ4n) is 4.15. The number of rotatable bonds is 7. The molecule has 3 amide bonds. The van der Waals surface area contributed by atoms with Crippen LogP contribution in [0.1, 0.15) is 31.2 Å². The maximum atomic E-state index is 13.0. The average Bonchev–Trinajstić information content (AvgIpc) is 2.80. The third-order valence-corrected chi connectivity index (χ3v) is 8.43. The van der Waals surface area contributed by atoms with E-state index < -0.39 is 15.3 Å². The first-order valence-electron chi connectivity index (χ1n) is 10.9. The van der Waals surface area contributed by atoms with E-state index in [4.69, 9.17) is 0 Å². The number of hydrogen-bond acceptors (Lipinski definition) is 4. The number of nitrogens with one attached hydrogen (secondary N) is 2. The van der Waals surface area contributed by atoms with E-state index in [0.717, 1.165) is 6.42 Å². The third kappa shape index (κ3) is 6.30. The quantitative estimate of drug-likeness (QED) is 0.618. The van der Waals surface area contributed by atoms with E-state index in [0.29, 0.717) is 58.4 Å². The third-order valence-electron chi connectivity index (χ3n) is 6.03. The van der Waals surface area contributed by atoms with Crippen molar-refractivity contribution in [3.8, 4) is 0 Å². The highest BCUT2D eigenvalue weighted by Crippen LogP contribution is 2.24. The van der Waals surface area contributed by atoms with Crippen molar-refractivity contribution in [3.05, 3.63) is 48.6 Å². The van der Waals surface area contributed by atoms with Crippen LogP contribution in [0.5, 0.6) is 0 Å². The summed E-state index contributed by atoms with van der Waals surface area (Å²) >= 11 is 0. The highest BCUT2D eigenvalue weighted by molar-refractivity contribution is 7.89. The van der Waals surface area contributed by atoms with Gasteiger partial charge in [-0.05, 0) is 43.7 Å². The van der Waals surface area contributed by atoms with Gasteiger partial charge in [0.1, 0.15) is 0 Å². The summed E-state index contributed by atoms with van der Waals surface area (Å²) in [7, 11) is -3.40. The Morgan fingerprint density at radius 1 is 1.03 bits per heavy atom. The van der Waals surface area contributed by atoms with Gasteiger partial charge in [0, 0.05) is 38.8 Å². The zero-order valence-electron chi connectivity index (χ0n) is 17.8. The van der Waals surface area contributed by atoms with Gasteiger partial charge in [0.2, 0.25) is 15.9 Å². The minimum atomic E-state index is -3.40. The van der Waals surface area contributed by atoms with Crippen molar-refractivity contribution in [3.63, 3.8) is 0 Å². The molecule has 0 atom stereocenters. The number of amides is 3. The molecule has 1 aromatic carbocycles. The Kier molecular flexibility index (Phi) is 8.09. The molecule has 0 unspecified atom stereocenters. The normalized spacial score (nSPS) is 19.0. The van der Waals surface area contributed by atoms with Crippen LogP contribution in [0.25, 0.3) is 0 Å². The lowest BCUT2D eigenvalue weighted by molar-refractivity contribution is -0.117. The van der Waals surface area contributed by atoms with E-state index in [1.807, 2.05) is 30.3 Å². The predicted octanol–water partition coefficient (Wildman–Crippen LogP) is 1.50. The number of carbonyl (C=O) groups is 2. The zero-order chi connectivity index (χ0) is 22.3. The Balaban J connectivity index is 1.41. The van der Waals surface area contributed by atoms with Crippen molar-refractivity contribution in [2.24, 2.45) is 0 Å². The summed E-state index contributed by atoms with van der Waals surface area (Å²) in [6.45, 7) is 5.68. The van der Waals surface area contributed by atoms with Crippen molar-refractivity contribution in [2.75, 3.05) is 32.7 Å². The van der Waals surface area contributed by atoms with Crippen LogP contribution in [-0.4, -0.2) is 73.6 Å². The number of benzene rings is 1. The number of carbonyl (C=O) groups excluding carboxylic acids is 2. The first-order chi connectivity index (χ1) is 14.9. The largest absolute Gasteiger partial charge is 0.350 e. The summed E-state index contributed by atoms with van der Waals surface area (Å²) in [5.74, 6) is -0.226. The predicted molar refractivity (Wildman–Crippen MR) is 120 cm³/mol. The Hall–Kier alpha value is -2.39. The molecule has 2 aliphatic rings. The number of nitrogens with zero attached hydrogens (tertiary/aromatic N) is 2. The molecule has 170 valence electrons. The fraction of sp³-hybridized carbons (Fsp3) is 0.545. The topological polar surface area (TPSA) is 98.8 Å². The molecular weight excluding hydrogens is 416 g/mol. The van der Waals surface area contributed by atoms with Gasteiger partial charge in [0.15, 0.2) is 0 Å². The number of piperidine rings is 2. The van der Waals surface area contributed by atoms with Crippen LogP contribution in [0, 0.1) is 0 Å². The minimum Gasteiger partial charge on any atom is -0.350 e. The van der Waals surface area contributed by atoms with Gasteiger partial charge in [-0.2, -0.15) is 0 Å². The molecule has 2 saturated heterocycles. The van der Waals surface area contributed by atoms with Crippen molar-refractivity contribution < 1.29 is 18.0 Å². The molecule has 2 N–H and O–H groups in total. The molecule has 1 aromatic rings. The fourth-order valence-corrected chi connectivity index (χ4v) is 6.10. The van der Waals surface area contributed by atoms with Crippen LogP contribution in [0.3, 0.4) is 0 Å². The summed E-state index contributed by atoms with van der Waals surface area (Å²) in [6, 6.07) is 9.81. The number of likely N-dealkylation sites (tertiary alicyclic amines) is 1. The summed E-state index contributed by atoms with van der Waals surface area (Å²) in [5.41, 5.74) is 1.17. The first-order valence-corrected chi connectivity index (χ1v) is 12.4. The Morgan fingerprint density at radius 3 is 2.29 bits per heavy atom. The lowest BCUT2D eigenvalue weighted by atomic mass is 10.1. The maximum absolute atomic E-state index is 13.0. The SMILES string of the molecule is C=CC(=O)NC1CCN(S(=O)(=O)C2CCN(C(=O)NCCc3ccccc3)CC2)CC1. The van der Waals surface area contributed by atoms with Gasteiger partial charge in [-0.1, -0.05) is 36.9 Å². The van der Waals surface area contributed by atoms with Crippen molar-refractivity contribution in [1.29, 1.82) is 0 Å². The van der Waals surface area contributed by atoms with Crippen molar-refractivity contribution in [1.82, 2.24) is 19.8 Å². The van der Waals surface area contributed by atoms with Crippen LogP contribution >= 0.6 is 0 Å². The average molecular weight is 449 g/mol. The molecule has 2 heterocycles. The smallest absolute Gasteiger partial charge is 0.317 e. The Morgan fingerprint density at radius 2 is 1.68 bits per heavy atom.